The molecule has 144 valence electrons. The van der Waals surface area contributed by atoms with Crippen LogP contribution in [0.15, 0.2) is 47.6 Å². The predicted octanol–water partition coefficient (Wildman–Crippen LogP) is 3.99. The molecule has 2 aromatic carbocycles. The topological polar surface area (TPSA) is 69.2 Å². The predicted molar refractivity (Wildman–Crippen MR) is 107 cm³/mol. The number of methoxy groups -OCH3 is 2. The van der Waals surface area contributed by atoms with Crippen LogP contribution in [0, 0.1) is 0 Å². The molecule has 1 N–H and O–H groups in total. The number of oxime groups is 1. The van der Waals surface area contributed by atoms with Crippen molar-refractivity contribution in [1.29, 1.82) is 0 Å². The number of nitrogens with zero attached hydrogens (tertiary/aromatic N) is 1. The molecule has 0 radical (unpaired) electrons. The number of nitrogens with one attached hydrogen (secondary N) is 1. The Bertz CT molecular complexity index is 810. The van der Waals surface area contributed by atoms with Crippen molar-refractivity contribution in [2.45, 2.75) is 26.2 Å². The average molecular weight is 370 g/mol. The van der Waals surface area contributed by atoms with Gasteiger partial charge in [-0.15, -0.1) is 0 Å². The first-order valence-electron chi connectivity index (χ1n) is 8.62. The molecule has 0 aliphatic heterocycles. The molecule has 0 aliphatic rings. The number of anilines is 1. The lowest BCUT2D eigenvalue weighted by Crippen LogP contribution is -2.21. The van der Waals surface area contributed by atoms with Crippen molar-refractivity contribution in [2.75, 3.05) is 26.1 Å². The number of benzene rings is 2. The summed E-state index contributed by atoms with van der Waals surface area (Å²) in [5, 5.41) is 6.72. The molecule has 0 unspecified atom stereocenters. The largest absolute Gasteiger partial charge is 0.493 e. The highest BCUT2D eigenvalue weighted by Gasteiger charge is 2.18. The van der Waals surface area contributed by atoms with Gasteiger partial charge in [-0.05, 0) is 35.2 Å². The number of para-hydroxylation sites is 1. The minimum atomic E-state index is -0.267. The van der Waals surface area contributed by atoms with Gasteiger partial charge in [-0.2, -0.15) is 0 Å². The Morgan fingerprint density at radius 3 is 2.44 bits per heavy atom. The summed E-state index contributed by atoms with van der Waals surface area (Å²) < 4.78 is 10.4. The van der Waals surface area contributed by atoms with Gasteiger partial charge in [0, 0.05) is 11.3 Å². The fourth-order valence-electron chi connectivity index (χ4n) is 2.56. The van der Waals surface area contributed by atoms with Crippen LogP contribution in [0.3, 0.4) is 0 Å². The number of rotatable bonds is 7. The third-order valence-electron chi connectivity index (χ3n) is 3.89. The molecule has 0 saturated carbocycles. The van der Waals surface area contributed by atoms with Gasteiger partial charge in [0.2, 0.25) is 0 Å². The van der Waals surface area contributed by atoms with E-state index in [0.717, 1.165) is 16.8 Å². The smallest absolute Gasteiger partial charge is 0.265 e. The first-order chi connectivity index (χ1) is 12.8. The van der Waals surface area contributed by atoms with Crippen molar-refractivity contribution < 1.29 is 19.1 Å². The molecule has 0 bridgehead atoms. The molecule has 27 heavy (non-hydrogen) atoms. The highest BCUT2D eigenvalue weighted by molar-refractivity contribution is 5.92. The van der Waals surface area contributed by atoms with Crippen molar-refractivity contribution in [3.05, 3.63) is 53.6 Å². The summed E-state index contributed by atoms with van der Waals surface area (Å²) >= 11 is 0. The highest BCUT2D eigenvalue weighted by Crippen LogP contribution is 2.29. The number of amides is 1. The second kappa shape index (κ2) is 9.07. The van der Waals surface area contributed by atoms with Crippen LogP contribution in [-0.2, 0) is 15.0 Å². The average Bonchev–Trinajstić information content (AvgIpc) is 2.64. The molecule has 6 nitrogen and oxygen atoms in total. The van der Waals surface area contributed by atoms with Crippen LogP contribution < -0.4 is 14.8 Å². The van der Waals surface area contributed by atoms with Gasteiger partial charge >= 0.3 is 0 Å². The van der Waals surface area contributed by atoms with Gasteiger partial charge in [-0.3, -0.25) is 4.79 Å². The molecule has 1 amide bonds. The molecular formula is C21H26N2O4. The van der Waals surface area contributed by atoms with Gasteiger partial charge in [-0.25, -0.2) is 0 Å². The van der Waals surface area contributed by atoms with E-state index in [1.807, 2.05) is 30.3 Å². The monoisotopic (exact) mass is 370 g/mol. The van der Waals surface area contributed by atoms with E-state index in [-0.39, 0.29) is 17.9 Å². The Morgan fingerprint density at radius 2 is 1.78 bits per heavy atom. The van der Waals surface area contributed by atoms with Crippen molar-refractivity contribution in [2.24, 2.45) is 5.16 Å². The Kier molecular flexibility index (Phi) is 6.82. The molecule has 2 aromatic rings. The Hall–Kier alpha value is -3.02. The first kappa shape index (κ1) is 20.3. The van der Waals surface area contributed by atoms with Crippen LogP contribution in [0.25, 0.3) is 0 Å². The summed E-state index contributed by atoms with van der Waals surface area (Å²) in [7, 11) is 3.14. The number of hydrogen-bond acceptors (Lipinski definition) is 5. The van der Waals surface area contributed by atoms with E-state index < -0.39 is 0 Å². The third-order valence-corrected chi connectivity index (χ3v) is 3.89. The van der Waals surface area contributed by atoms with Crippen LogP contribution in [0.2, 0.25) is 0 Å². The maximum absolute atomic E-state index is 12.1. The second-order valence-corrected chi connectivity index (χ2v) is 6.97. The van der Waals surface area contributed by atoms with Gasteiger partial charge < -0.3 is 19.6 Å². The van der Waals surface area contributed by atoms with Crippen LogP contribution in [0.4, 0.5) is 5.69 Å². The summed E-state index contributed by atoms with van der Waals surface area (Å²) in [5.74, 6) is 0.960. The molecule has 0 aromatic heterocycles. The summed E-state index contributed by atoms with van der Waals surface area (Å²) in [6, 6.07) is 13.1. The van der Waals surface area contributed by atoms with Crippen molar-refractivity contribution in [3.63, 3.8) is 0 Å². The molecule has 0 atom stereocenters. The van der Waals surface area contributed by atoms with Gasteiger partial charge in [0.05, 0.1) is 20.4 Å². The highest BCUT2D eigenvalue weighted by atomic mass is 16.6. The molecule has 0 saturated heterocycles. The lowest BCUT2D eigenvalue weighted by Gasteiger charge is -2.22. The van der Waals surface area contributed by atoms with E-state index in [9.17, 15) is 4.79 Å². The quantitative estimate of drug-likeness (QED) is 0.591. The molecule has 0 spiro atoms. The maximum Gasteiger partial charge on any atom is 0.265 e. The zero-order valence-corrected chi connectivity index (χ0v) is 16.4. The van der Waals surface area contributed by atoms with E-state index >= 15 is 0 Å². The minimum absolute atomic E-state index is 0.0731. The summed E-state index contributed by atoms with van der Waals surface area (Å²) in [6.45, 7) is 6.12. The molecule has 0 fully saturated rings. The minimum Gasteiger partial charge on any atom is -0.493 e. The van der Waals surface area contributed by atoms with Gasteiger partial charge in [0.15, 0.2) is 18.1 Å². The standard InChI is InChI=1S/C21H26N2O4/c1-21(2,3)16-8-6-7-9-17(16)23-20(24)14-27-22-13-15-10-11-18(25-4)19(12-15)26-5/h6-13H,14H2,1-5H3,(H,23,24)/b22-13+. The van der Waals surface area contributed by atoms with E-state index in [0.29, 0.717) is 11.5 Å². The second-order valence-electron chi connectivity index (χ2n) is 6.97. The summed E-state index contributed by atoms with van der Waals surface area (Å²) in [4.78, 5) is 17.3. The first-order valence-corrected chi connectivity index (χ1v) is 8.62. The van der Waals surface area contributed by atoms with Gasteiger partial charge in [0.1, 0.15) is 0 Å². The Balaban J connectivity index is 1.93. The Morgan fingerprint density at radius 1 is 1.07 bits per heavy atom. The fraction of sp³-hybridized carbons (Fsp3) is 0.333. The lowest BCUT2D eigenvalue weighted by atomic mass is 9.86. The van der Waals surface area contributed by atoms with Crippen molar-refractivity contribution in [1.82, 2.24) is 0 Å². The summed E-state index contributed by atoms with van der Waals surface area (Å²) in [5.41, 5.74) is 2.54. The number of carbonyl (C=O) groups excluding carboxylic acids is 1. The van der Waals surface area contributed by atoms with E-state index in [1.54, 1.807) is 26.4 Å². The zero-order valence-electron chi connectivity index (χ0n) is 16.4. The van der Waals surface area contributed by atoms with Gasteiger partial charge in [0.25, 0.3) is 5.91 Å². The van der Waals surface area contributed by atoms with Crippen LogP contribution in [0.1, 0.15) is 31.9 Å². The molecule has 2 rings (SSSR count). The third kappa shape index (κ3) is 5.74. The zero-order chi connectivity index (χ0) is 19.9. The van der Waals surface area contributed by atoms with Crippen molar-refractivity contribution >= 4 is 17.8 Å². The van der Waals surface area contributed by atoms with E-state index in [1.165, 1.54) is 6.21 Å². The lowest BCUT2D eigenvalue weighted by molar-refractivity contribution is -0.120. The maximum atomic E-state index is 12.1. The fourth-order valence-corrected chi connectivity index (χ4v) is 2.56. The van der Waals surface area contributed by atoms with E-state index in [4.69, 9.17) is 14.3 Å². The molecule has 0 aliphatic carbocycles. The van der Waals surface area contributed by atoms with Crippen LogP contribution in [-0.4, -0.2) is 32.9 Å². The van der Waals surface area contributed by atoms with Crippen LogP contribution in [0.5, 0.6) is 11.5 Å². The van der Waals surface area contributed by atoms with Gasteiger partial charge in [-0.1, -0.05) is 44.1 Å². The van der Waals surface area contributed by atoms with E-state index in [2.05, 4.69) is 31.2 Å². The van der Waals surface area contributed by atoms with Crippen LogP contribution >= 0.6 is 0 Å². The molecule has 6 heteroatoms. The molecule has 0 heterocycles. The summed E-state index contributed by atoms with van der Waals surface area (Å²) in [6.07, 6.45) is 1.51. The molecular weight excluding hydrogens is 344 g/mol. The normalized spacial score (nSPS) is 11.3. The Labute approximate surface area is 160 Å². The number of ether oxygens (including phenoxy) is 2. The number of carbonyl (C=O) groups is 1. The van der Waals surface area contributed by atoms with Crippen molar-refractivity contribution in [3.8, 4) is 11.5 Å². The number of hydrogen-bond donors (Lipinski definition) is 1. The SMILES string of the molecule is COc1ccc(/C=N/OCC(=O)Nc2ccccc2C(C)(C)C)cc1OC.